The van der Waals surface area contributed by atoms with Crippen LogP contribution in [-0.2, 0) is 21.7 Å². The Morgan fingerprint density at radius 2 is 1.66 bits per heavy atom. The number of carbonyl (C=O) groups excluding carboxylic acids is 2. The second-order valence-corrected chi connectivity index (χ2v) is 11.8. The third-order valence-corrected chi connectivity index (χ3v) is 7.45. The molecular weight excluding hydrogens is 581 g/mol. The number of thioether (sulfide) groups is 1. The summed E-state index contributed by atoms with van der Waals surface area (Å²) < 4.78 is 11.3. The van der Waals surface area contributed by atoms with E-state index in [1.165, 1.54) is 23.4 Å². The number of nitrogens with zero attached hydrogens (tertiary/aromatic N) is 1. The van der Waals surface area contributed by atoms with Crippen LogP contribution in [0.15, 0.2) is 71.6 Å². The molecule has 1 heterocycles. The van der Waals surface area contributed by atoms with Crippen LogP contribution < -0.4 is 15.4 Å². The van der Waals surface area contributed by atoms with Gasteiger partial charge >= 0.3 is 6.09 Å². The lowest BCUT2D eigenvalue weighted by atomic mass is 10.2. The standard InChI is InChI=1S/C31H35Cl2N3O4S/c1-31(2,3)40-30(38)35-19-8-18-34-28(37)16-14-26-27(39-20-17-22-9-5-4-6-10-22)15-13-23(36-26)21-41-29-24(32)11-7-12-25(29)33/h4-7,9-16H,8,17-21H2,1-3H3,(H,34,37)(H,35,38)/b16-14+. The van der Waals surface area contributed by atoms with Crippen LogP contribution in [0.2, 0.25) is 10.0 Å². The number of ether oxygens (including phenoxy) is 2. The number of pyridine rings is 1. The van der Waals surface area contributed by atoms with Crippen molar-refractivity contribution in [2.24, 2.45) is 0 Å². The summed E-state index contributed by atoms with van der Waals surface area (Å²) in [6.07, 6.45) is 3.88. The molecule has 0 aliphatic rings. The topological polar surface area (TPSA) is 89.6 Å². The number of hydrogen-bond donors (Lipinski definition) is 2. The third kappa shape index (κ3) is 12.1. The monoisotopic (exact) mass is 615 g/mol. The highest BCUT2D eigenvalue weighted by Crippen LogP contribution is 2.35. The van der Waals surface area contributed by atoms with Crippen LogP contribution in [0.4, 0.5) is 4.79 Å². The van der Waals surface area contributed by atoms with Gasteiger partial charge in [-0.25, -0.2) is 9.78 Å². The molecule has 218 valence electrons. The van der Waals surface area contributed by atoms with Crippen molar-refractivity contribution in [3.63, 3.8) is 0 Å². The quantitative estimate of drug-likeness (QED) is 0.119. The fourth-order valence-corrected chi connectivity index (χ4v) is 5.12. The minimum atomic E-state index is -0.557. The lowest BCUT2D eigenvalue weighted by Crippen LogP contribution is -2.34. The Hall–Kier alpha value is -3.20. The number of benzene rings is 2. The first-order chi connectivity index (χ1) is 19.6. The summed E-state index contributed by atoms with van der Waals surface area (Å²) in [5.74, 6) is 0.837. The van der Waals surface area contributed by atoms with Gasteiger partial charge in [-0.2, -0.15) is 0 Å². The number of halogens is 2. The first-order valence-corrected chi connectivity index (χ1v) is 15.0. The average molecular weight is 617 g/mol. The van der Waals surface area contributed by atoms with E-state index in [2.05, 4.69) is 22.8 Å². The highest BCUT2D eigenvalue weighted by atomic mass is 35.5. The predicted octanol–water partition coefficient (Wildman–Crippen LogP) is 7.35. The summed E-state index contributed by atoms with van der Waals surface area (Å²) in [5, 5.41) is 6.65. The molecule has 7 nitrogen and oxygen atoms in total. The summed E-state index contributed by atoms with van der Waals surface area (Å²) in [6, 6.07) is 19.2. The largest absolute Gasteiger partial charge is 0.491 e. The Morgan fingerprint density at radius 3 is 2.37 bits per heavy atom. The average Bonchev–Trinajstić information content (AvgIpc) is 2.92. The fraction of sp³-hybridized carbons (Fsp3) is 0.323. The summed E-state index contributed by atoms with van der Waals surface area (Å²) in [4.78, 5) is 29.7. The molecule has 0 saturated heterocycles. The molecule has 2 aromatic carbocycles. The van der Waals surface area contributed by atoms with Gasteiger partial charge in [-0.1, -0.05) is 59.6 Å². The zero-order valence-electron chi connectivity index (χ0n) is 23.4. The van der Waals surface area contributed by atoms with E-state index in [0.29, 0.717) is 53.4 Å². The lowest BCUT2D eigenvalue weighted by molar-refractivity contribution is -0.116. The van der Waals surface area contributed by atoms with Crippen molar-refractivity contribution in [3.8, 4) is 5.75 Å². The Kier molecular flexibility index (Phi) is 12.8. The fourth-order valence-electron chi connectivity index (χ4n) is 3.53. The second kappa shape index (κ2) is 16.3. The third-order valence-electron chi connectivity index (χ3n) is 5.43. The van der Waals surface area contributed by atoms with Crippen LogP contribution >= 0.6 is 35.0 Å². The van der Waals surface area contributed by atoms with E-state index in [4.69, 9.17) is 37.7 Å². The van der Waals surface area contributed by atoms with Crippen LogP contribution in [0.3, 0.4) is 0 Å². The van der Waals surface area contributed by atoms with Crippen molar-refractivity contribution in [1.82, 2.24) is 15.6 Å². The summed E-state index contributed by atoms with van der Waals surface area (Å²) in [5.41, 5.74) is 1.94. The molecule has 2 amide bonds. The number of alkyl carbamates (subject to hydrolysis) is 1. The van der Waals surface area contributed by atoms with E-state index in [1.807, 2.05) is 30.3 Å². The molecule has 41 heavy (non-hydrogen) atoms. The number of nitrogens with one attached hydrogen (secondary N) is 2. The molecule has 2 N–H and O–H groups in total. The Balaban J connectivity index is 1.60. The van der Waals surface area contributed by atoms with Crippen LogP contribution in [0, 0.1) is 0 Å². The minimum Gasteiger partial charge on any atom is -0.491 e. The maximum absolute atomic E-state index is 12.5. The first kappa shape index (κ1) is 32.3. The number of hydrogen-bond acceptors (Lipinski definition) is 6. The summed E-state index contributed by atoms with van der Waals surface area (Å²) >= 11 is 14.1. The van der Waals surface area contributed by atoms with Gasteiger partial charge in [0.05, 0.1) is 22.3 Å². The smallest absolute Gasteiger partial charge is 0.407 e. The number of amides is 2. The molecule has 10 heteroatoms. The van der Waals surface area contributed by atoms with E-state index < -0.39 is 11.7 Å². The van der Waals surface area contributed by atoms with Crippen molar-refractivity contribution in [2.75, 3.05) is 19.7 Å². The van der Waals surface area contributed by atoms with E-state index >= 15 is 0 Å². The molecule has 0 aliphatic heterocycles. The highest BCUT2D eigenvalue weighted by molar-refractivity contribution is 7.98. The van der Waals surface area contributed by atoms with Gasteiger partial charge < -0.3 is 20.1 Å². The number of carbonyl (C=O) groups is 2. The molecular formula is C31H35Cl2N3O4S. The Morgan fingerprint density at radius 1 is 0.951 bits per heavy atom. The zero-order chi connectivity index (χ0) is 29.7. The maximum atomic E-state index is 12.5. The molecule has 0 unspecified atom stereocenters. The van der Waals surface area contributed by atoms with E-state index in [1.54, 1.807) is 45.0 Å². The normalized spacial score (nSPS) is 11.3. The molecule has 0 aliphatic carbocycles. The predicted molar refractivity (Wildman–Crippen MR) is 167 cm³/mol. The van der Waals surface area contributed by atoms with Crippen LogP contribution in [0.1, 0.15) is 44.1 Å². The van der Waals surface area contributed by atoms with Crippen molar-refractivity contribution in [2.45, 2.75) is 49.9 Å². The summed E-state index contributed by atoms with van der Waals surface area (Å²) in [7, 11) is 0. The van der Waals surface area contributed by atoms with E-state index in [-0.39, 0.29) is 5.91 Å². The van der Waals surface area contributed by atoms with Gasteiger partial charge in [0.25, 0.3) is 0 Å². The van der Waals surface area contributed by atoms with Crippen LogP contribution in [-0.4, -0.2) is 42.3 Å². The molecule has 3 aromatic rings. The molecule has 0 radical (unpaired) electrons. The van der Waals surface area contributed by atoms with Crippen molar-refractivity contribution < 1.29 is 19.1 Å². The van der Waals surface area contributed by atoms with Gasteiger partial charge in [0.15, 0.2) is 0 Å². The zero-order valence-corrected chi connectivity index (χ0v) is 25.7. The molecule has 0 fully saturated rings. The van der Waals surface area contributed by atoms with Crippen LogP contribution in [0.25, 0.3) is 6.08 Å². The van der Waals surface area contributed by atoms with Gasteiger partial charge in [0.2, 0.25) is 5.91 Å². The van der Waals surface area contributed by atoms with Gasteiger partial charge in [-0.05, 0) is 63.1 Å². The highest BCUT2D eigenvalue weighted by Gasteiger charge is 2.15. The molecule has 0 saturated carbocycles. The van der Waals surface area contributed by atoms with Crippen molar-refractivity contribution in [1.29, 1.82) is 0 Å². The number of rotatable bonds is 13. The molecule has 0 atom stereocenters. The van der Waals surface area contributed by atoms with Gasteiger partial charge in [-0.15, -0.1) is 11.8 Å². The minimum absolute atomic E-state index is 0.276. The van der Waals surface area contributed by atoms with Crippen LogP contribution in [0.5, 0.6) is 5.75 Å². The molecule has 3 rings (SSSR count). The molecule has 0 bridgehead atoms. The van der Waals surface area contributed by atoms with Gasteiger partial charge in [0.1, 0.15) is 17.0 Å². The van der Waals surface area contributed by atoms with Gasteiger partial charge in [-0.3, -0.25) is 4.79 Å². The Bertz CT molecular complexity index is 1310. The second-order valence-electron chi connectivity index (χ2n) is 10.0. The van der Waals surface area contributed by atoms with Crippen molar-refractivity contribution >= 4 is 53.0 Å². The first-order valence-electron chi connectivity index (χ1n) is 13.3. The van der Waals surface area contributed by atoms with Gasteiger partial charge in [0, 0.05) is 36.2 Å². The van der Waals surface area contributed by atoms with Crippen molar-refractivity contribution in [3.05, 3.63) is 93.7 Å². The molecule has 0 spiro atoms. The van der Waals surface area contributed by atoms with E-state index in [9.17, 15) is 9.59 Å². The SMILES string of the molecule is CC(C)(C)OC(=O)NCCCNC(=O)/C=C/c1nc(CSc2c(Cl)cccc2Cl)ccc1OCCc1ccccc1. The summed E-state index contributed by atoms with van der Waals surface area (Å²) in [6.45, 7) is 6.65. The maximum Gasteiger partial charge on any atom is 0.407 e. The Labute approximate surface area is 256 Å². The molecule has 1 aromatic heterocycles. The van der Waals surface area contributed by atoms with E-state index in [0.717, 1.165) is 17.0 Å². The number of aromatic nitrogens is 1. The lowest BCUT2D eigenvalue weighted by Gasteiger charge is -2.19.